The number of amides is 2. The molecule has 9 heteroatoms. The molecule has 0 aliphatic carbocycles. The molecule has 1 aromatic heterocycles. The standard InChI is InChI=1S/C28H31N3O5S/c1-31-14-12-22(13-15-31)36-21-9-7-20(8-10-21)29-28(33)24(18-23-5-4-16-37-23)30-27(32)19-6-11-25(34-2)26(17-19)35-3/h4-11,16-18,22H,12-15H2,1-3H3,(H,29,33)(H,30,32)/b24-18-. The number of methoxy groups -OCH3 is 2. The Hall–Kier alpha value is -3.82. The third-order valence-electron chi connectivity index (χ3n) is 6.05. The number of ether oxygens (including phenoxy) is 3. The molecule has 0 atom stereocenters. The number of nitrogens with one attached hydrogen (secondary N) is 2. The summed E-state index contributed by atoms with van der Waals surface area (Å²) < 4.78 is 16.6. The predicted molar refractivity (Wildman–Crippen MR) is 146 cm³/mol. The highest BCUT2D eigenvalue weighted by Gasteiger charge is 2.19. The number of anilines is 1. The first kappa shape index (κ1) is 26.2. The van der Waals surface area contributed by atoms with E-state index < -0.39 is 11.8 Å². The zero-order chi connectivity index (χ0) is 26.2. The fourth-order valence-electron chi connectivity index (χ4n) is 3.96. The van der Waals surface area contributed by atoms with Gasteiger partial charge in [-0.15, -0.1) is 11.3 Å². The van der Waals surface area contributed by atoms with Gasteiger partial charge in [-0.1, -0.05) is 6.07 Å². The van der Waals surface area contributed by atoms with Gasteiger partial charge >= 0.3 is 0 Å². The lowest BCUT2D eigenvalue weighted by Crippen LogP contribution is -2.35. The minimum atomic E-state index is -0.444. The first-order valence-electron chi connectivity index (χ1n) is 12.0. The Bertz CT molecular complexity index is 1230. The number of likely N-dealkylation sites (tertiary alicyclic amines) is 1. The van der Waals surface area contributed by atoms with Crippen LogP contribution < -0.4 is 24.8 Å². The van der Waals surface area contributed by atoms with Gasteiger partial charge < -0.3 is 29.7 Å². The first-order chi connectivity index (χ1) is 17.9. The minimum Gasteiger partial charge on any atom is -0.493 e. The average Bonchev–Trinajstić information content (AvgIpc) is 3.43. The van der Waals surface area contributed by atoms with Crippen LogP contribution >= 0.6 is 11.3 Å². The molecule has 0 unspecified atom stereocenters. The minimum absolute atomic E-state index is 0.119. The maximum atomic E-state index is 13.2. The molecule has 8 nitrogen and oxygen atoms in total. The number of carbonyl (C=O) groups is 2. The lowest BCUT2D eigenvalue weighted by Gasteiger charge is -2.29. The number of benzene rings is 2. The quantitative estimate of drug-likeness (QED) is 0.399. The normalized spacial score (nSPS) is 14.6. The fraction of sp³-hybridized carbons (Fsp3) is 0.286. The Labute approximate surface area is 220 Å². The molecule has 2 N–H and O–H groups in total. The van der Waals surface area contributed by atoms with E-state index in [2.05, 4.69) is 22.6 Å². The molecule has 0 radical (unpaired) electrons. The van der Waals surface area contributed by atoms with E-state index in [1.165, 1.54) is 25.6 Å². The molecule has 2 heterocycles. The van der Waals surface area contributed by atoms with Gasteiger partial charge in [0, 0.05) is 29.2 Å². The second-order valence-electron chi connectivity index (χ2n) is 8.70. The van der Waals surface area contributed by atoms with E-state index in [0.717, 1.165) is 36.6 Å². The second kappa shape index (κ2) is 12.4. The summed E-state index contributed by atoms with van der Waals surface area (Å²) in [7, 11) is 5.14. The Balaban J connectivity index is 1.45. The van der Waals surface area contributed by atoms with Crippen molar-refractivity contribution in [3.63, 3.8) is 0 Å². The van der Waals surface area contributed by atoms with Gasteiger partial charge in [0.1, 0.15) is 17.6 Å². The molecular formula is C28H31N3O5S. The van der Waals surface area contributed by atoms with Crippen molar-refractivity contribution in [2.45, 2.75) is 18.9 Å². The van der Waals surface area contributed by atoms with Crippen molar-refractivity contribution in [1.29, 1.82) is 0 Å². The van der Waals surface area contributed by atoms with E-state index >= 15 is 0 Å². The van der Waals surface area contributed by atoms with Crippen LogP contribution in [0.4, 0.5) is 5.69 Å². The summed E-state index contributed by atoms with van der Waals surface area (Å²) in [5, 5.41) is 7.51. The Morgan fingerprint density at radius 2 is 1.73 bits per heavy atom. The maximum absolute atomic E-state index is 13.2. The Kier molecular flexibility index (Phi) is 8.81. The molecule has 37 heavy (non-hydrogen) atoms. The third-order valence-corrected chi connectivity index (χ3v) is 6.87. The molecule has 0 saturated carbocycles. The van der Waals surface area contributed by atoms with E-state index in [4.69, 9.17) is 14.2 Å². The molecule has 0 bridgehead atoms. The molecular weight excluding hydrogens is 490 g/mol. The average molecular weight is 522 g/mol. The fourth-order valence-corrected chi connectivity index (χ4v) is 4.61. The number of hydrogen-bond acceptors (Lipinski definition) is 7. The summed E-state index contributed by atoms with van der Waals surface area (Å²) in [5.41, 5.74) is 1.05. The molecule has 1 fully saturated rings. The molecule has 1 aliphatic rings. The molecule has 3 aromatic rings. The van der Waals surface area contributed by atoms with E-state index in [-0.39, 0.29) is 11.8 Å². The van der Waals surface area contributed by atoms with Gasteiger partial charge in [-0.05, 0) is 79.9 Å². The van der Waals surface area contributed by atoms with Crippen LogP contribution in [0.25, 0.3) is 6.08 Å². The predicted octanol–water partition coefficient (Wildman–Crippen LogP) is 4.65. The summed E-state index contributed by atoms with van der Waals surface area (Å²) in [4.78, 5) is 29.3. The number of piperidine rings is 1. The molecule has 1 saturated heterocycles. The Morgan fingerprint density at radius 1 is 1.00 bits per heavy atom. The maximum Gasteiger partial charge on any atom is 0.272 e. The van der Waals surface area contributed by atoms with Gasteiger partial charge in [-0.25, -0.2) is 0 Å². The van der Waals surface area contributed by atoms with Crippen LogP contribution in [0.15, 0.2) is 65.7 Å². The number of carbonyl (C=O) groups excluding carboxylic acids is 2. The van der Waals surface area contributed by atoms with E-state index in [9.17, 15) is 9.59 Å². The number of hydrogen-bond donors (Lipinski definition) is 2. The second-order valence-corrected chi connectivity index (χ2v) is 9.68. The SMILES string of the molecule is COc1ccc(C(=O)N/C(=C\c2cccs2)C(=O)Nc2ccc(OC3CCN(C)CC3)cc2)cc1OC. The smallest absolute Gasteiger partial charge is 0.272 e. The van der Waals surface area contributed by atoms with Crippen molar-refractivity contribution >= 4 is 34.9 Å². The van der Waals surface area contributed by atoms with Gasteiger partial charge in [0.15, 0.2) is 11.5 Å². The highest BCUT2D eigenvalue weighted by Crippen LogP contribution is 2.28. The molecule has 2 amide bonds. The molecule has 0 spiro atoms. The van der Waals surface area contributed by atoms with Crippen molar-refractivity contribution < 1.29 is 23.8 Å². The Morgan fingerprint density at radius 3 is 2.38 bits per heavy atom. The zero-order valence-corrected chi connectivity index (χ0v) is 22.0. The lowest BCUT2D eigenvalue weighted by atomic mass is 10.1. The molecule has 1 aliphatic heterocycles. The summed E-state index contributed by atoms with van der Waals surface area (Å²) in [6.45, 7) is 2.04. The van der Waals surface area contributed by atoms with Crippen molar-refractivity contribution in [3.8, 4) is 17.2 Å². The van der Waals surface area contributed by atoms with Gasteiger partial charge in [-0.2, -0.15) is 0 Å². The third kappa shape index (κ3) is 7.12. The van der Waals surface area contributed by atoms with Crippen molar-refractivity contribution in [2.24, 2.45) is 0 Å². The lowest BCUT2D eigenvalue weighted by molar-refractivity contribution is -0.113. The topological polar surface area (TPSA) is 89.1 Å². The van der Waals surface area contributed by atoms with E-state index in [1.54, 1.807) is 36.4 Å². The number of thiophene rings is 1. The molecule has 194 valence electrons. The molecule has 2 aromatic carbocycles. The summed E-state index contributed by atoms with van der Waals surface area (Å²) in [6, 6.07) is 15.9. The summed E-state index contributed by atoms with van der Waals surface area (Å²) in [5.74, 6) is 0.816. The van der Waals surface area contributed by atoms with Crippen molar-refractivity contribution in [2.75, 3.05) is 39.7 Å². The van der Waals surface area contributed by atoms with Gasteiger partial charge in [0.25, 0.3) is 11.8 Å². The van der Waals surface area contributed by atoms with Crippen LogP contribution in [0.1, 0.15) is 28.1 Å². The van der Waals surface area contributed by atoms with Gasteiger partial charge in [0.2, 0.25) is 0 Å². The van der Waals surface area contributed by atoms with Crippen molar-refractivity contribution in [1.82, 2.24) is 10.2 Å². The van der Waals surface area contributed by atoms with Crippen LogP contribution in [0.3, 0.4) is 0 Å². The zero-order valence-electron chi connectivity index (χ0n) is 21.2. The van der Waals surface area contributed by atoms with Crippen LogP contribution in [0.5, 0.6) is 17.2 Å². The van der Waals surface area contributed by atoms with Crippen LogP contribution in [0, 0.1) is 0 Å². The van der Waals surface area contributed by atoms with E-state index in [0.29, 0.717) is 22.7 Å². The summed E-state index contributed by atoms with van der Waals surface area (Å²) >= 11 is 1.46. The van der Waals surface area contributed by atoms with E-state index in [1.807, 2.05) is 29.6 Å². The van der Waals surface area contributed by atoms with Crippen LogP contribution in [-0.2, 0) is 4.79 Å². The molecule has 4 rings (SSSR count). The monoisotopic (exact) mass is 521 g/mol. The van der Waals surface area contributed by atoms with Crippen LogP contribution in [-0.4, -0.2) is 57.2 Å². The van der Waals surface area contributed by atoms with Gasteiger partial charge in [0.05, 0.1) is 14.2 Å². The van der Waals surface area contributed by atoms with Crippen molar-refractivity contribution in [3.05, 3.63) is 76.1 Å². The largest absolute Gasteiger partial charge is 0.493 e. The highest BCUT2D eigenvalue weighted by molar-refractivity contribution is 7.10. The van der Waals surface area contributed by atoms with Crippen LogP contribution in [0.2, 0.25) is 0 Å². The number of rotatable bonds is 9. The summed E-state index contributed by atoms with van der Waals surface area (Å²) in [6.07, 6.45) is 3.83. The van der Waals surface area contributed by atoms with Gasteiger partial charge in [-0.3, -0.25) is 9.59 Å². The highest BCUT2D eigenvalue weighted by atomic mass is 32.1. The first-order valence-corrected chi connectivity index (χ1v) is 12.9. The number of nitrogens with zero attached hydrogens (tertiary/aromatic N) is 1.